The van der Waals surface area contributed by atoms with E-state index < -0.39 is 11.2 Å². The standard InChI is InChI=1S/C30H37IN4O4/c1-29(2,3)38-27(36)34-15-13-33(14-16-34)22-11-9-19(10-12-22)21-17-23-24(31)25(20-7-8-20)35(26(23)32-18-21)28(37)39-30(4,5)6/h9-12,17-18,20H,7-8,13-16H2,1-6H3. The molecular formula is C30H37IN4O4. The number of anilines is 1. The molecule has 0 unspecified atom stereocenters. The predicted octanol–water partition coefficient (Wildman–Crippen LogP) is 7.03. The van der Waals surface area contributed by atoms with Gasteiger partial charge in [-0.2, -0.15) is 0 Å². The highest BCUT2D eigenvalue weighted by atomic mass is 127. The van der Waals surface area contributed by atoms with Gasteiger partial charge in [0.1, 0.15) is 11.2 Å². The van der Waals surface area contributed by atoms with E-state index in [9.17, 15) is 9.59 Å². The number of fused-ring (bicyclic) bond motifs is 1. The minimum absolute atomic E-state index is 0.250. The fourth-order valence-electron chi connectivity index (χ4n) is 4.85. The molecule has 1 amide bonds. The number of hydrogen-bond acceptors (Lipinski definition) is 6. The Bertz CT molecular complexity index is 1390. The highest BCUT2D eigenvalue weighted by molar-refractivity contribution is 14.1. The predicted molar refractivity (Wildman–Crippen MR) is 162 cm³/mol. The van der Waals surface area contributed by atoms with Crippen LogP contribution in [0.2, 0.25) is 0 Å². The van der Waals surface area contributed by atoms with Crippen molar-refractivity contribution >= 4 is 51.5 Å². The SMILES string of the molecule is CC(C)(C)OC(=O)N1CCN(c2ccc(-c3cnc4c(c3)c(I)c(C3CC3)n4C(=O)OC(C)(C)C)cc2)CC1. The first-order valence-electron chi connectivity index (χ1n) is 13.6. The molecule has 1 saturated carbocycles. The Morgan fingerprint density at radius 1 is 0.872 bits per heavy atom. The van der Waals surface area contributed by atoms with Gasteiger partial charge < -0.3 is 19.3 Å². The molecule has 208 valence electrons. The molecule has 2 aromatic heterocycles. The summed E-state index contributed by atoms with van der Waals surface area (Å²) >= 11 is 2.36. The van der Waals surface area contributed by atoms with E-state index in [1.165, 1.54) is 0 Å². The van der Waals surface area contributed by atoms with Crippen LogP contribution in [-0.2, 0) is 9.47 Å². The van der Waals surface area contributed by atoms with Gasteiger partial charge in [0, 0.05) is 64.2 Å². The molecule has 2 aliphatic rings. The lowest BCUT2D eigenvalue weighted by Crippen LogP contribution is -2.50. The van der Waals surface area contributed by atoms with Crippen LogP contribution < -0.4 is 4.90 Å². The van der Waals surface area contributed by atoms with Crippen molar-refractivity contribution in [3.63, 3.8) is 0 Å². The van der Waals surface area contributed by atoms with Crippen molar-refractivity contribution in [2.45, 2.75) is 71.5 Å². The fraction of sp³-hybridized carbons (Fsp3) is 0.500. The summed E-state index contributed by atoms with van der Waals surface area (Å²) in [7, 11) is 0. The number of hydrogen-bond donors (Lipinski definition) is 0. The van der Waals surface area contributed by atoms with Crippen LogP contribution >= 0.6 is 22.6 Å². The number of piperazine rings is 1. The Hall–Kier alpha value is -2.82. The Labute approximate surface area is 243 Å². The lowest BCUT2D eigenvalue weighted by molar-refractivity contribution is 0.0240. The molecule has 0 spiro atoms. The Morgan fingerprint density at radius 3 is 2.03 bits per heavy atom. The van der Waals surface area contributed by atoms with Crippen molar-refractivity contribution in [2.75, 3.05) is 31.1 Å². The Kier molecular flexibility index (Phi) is 7.32. The molecule has 1 saturated heterocycles. The molecule has 0 radical (unpaired) electrons. The Balaban J connectivity index is 1.34. The monoisotopic (exact) mass is 644 g/mol. The third-order valence-corrected chi connectivity index (χ3v) is 7.95. The average molecular weight is 645 g/mol. The highest BCUT2D eigenvalue weighted by Gasteiger charge is 2.35. The molecule has 2 fully saturated rings. The van der Waals surface area contributed by atoms with Crippen LogP contribution in [0, 0.1) is 3.57 Å². The number of nitrogens with zero attached hydrogens (tertiary/aromatic N) is 4. The lowest BCUT2D eigenvalue weighted by Gasteiger charge is -2.36. The molecule has 1 aliphatic carbocycles. The summed E-state index contributed by atoms with van der Waals surface area (Å²) in [6.45, 7) is 14.1. The smallest absolute Gasteiger partial charge is 0.420 e. The summed E-state index contributed by atoms with van der Waals surface area (Å²) in [4.78, 5) is 34.4. The summed E-state index contributed by atoms with van der Waals surface area (Å²) < 4.78 is 14.0. The second-order valence-corrected chi connectivity index (χ2v) is 13.5. The van der Waals surface area contributed by atoms with E-state index in [4.69, 9.17) is 14.5 Å². The van der Waals surface area contributed by atoms with Gasteiger partial charge in [-0.05, 0) is 101 Å². The van der Waals surface area contributed by atoms with Gasteiger partial charge in [-0.15, -0.1) is 0 Å². The van der Waals surface area contributed by atoms with Crippen LogP contribution in [0.3, 0.4) is 0 Å². The van der Waals surface area contributed by atoms with Gasteiger partial charge in [0.25, 0.3) is 0 Å². The molecule has 3 heterocycles. The van der Waals surface area contributed by atoms with Crippen molar-refractivity contribution in [1.29, 1.82) is 0 Å². The Morgan fingerprint density at radius 2 is 1.46 bits per heavy atom. The molecule has 0 bridgehead atoms. The van der Waals surface area contributed by atoms with E-state index in [1.807, 2.05) is 47.7 Å². The van der Waals surface area contributed by atoms with Crippen molar-refractivity contribution < 1.29 is 19.1 Å². The van der Waals surface area contributed by atoms with Crippen molar-refractivity contribution in [2.24, 2.45) is 0 Å². The van der Waals surface area contributed by atoms with Crippen molar-refractivity contribution in [3.8, 4) is 11.1 Å². The third kappa shape index (κ3) is 6.18. The van der Waals surface area contributed by atoms with Gasteiger partial charge in [-0.1, -0.05) is 12.1 Å². The number of rotatable bonds is 3. The third-order valence-electron chi connectivity index (χ3n) is 6.82. The first kappa shape index (κ1) is 27.7. The summed E-state index contributed by atoms with van der Waals surface area (Å²) in [6, 6.07) is 10.6. The summed E-state index contributed by atoms with van der Waals surface area (Å²) in [5, 5.41) is 0.975. The molecular weight excluding hydrogens is 607 g/mol. The van der Waals surface area contributed by atoms with E-state index in [-0.39, 0.29) is 12.2 Å². The minimum Gasteiger partial charge on any atom is -0.444 e. The van der Waals surface area contributed by atoms with Gasteiger partial charge in [0.05, 0.1) is 0 Å². The van der Waals surface area contributed by atoms with Crippen molar-refractivity contribution in [1.82, 2.24) is 14.5 Å². The molecule has 8 nitrogen and oxygen atoms in total. The van der Waals surface area contributed by atoms with E-state index in [0.29, 0.717) is 24.7 Å². The maximum Gasteiger partial charge on any atom is 0.420 e. The zero-order valence-electron chi connectivity index (χ0n) is 23.6. The van der Waals surface area contributed by atoms with E-state index in [2.05, 4.69) is 57.8 Å². The van der Waals surface area contributed by atoms with Crippen LogP contribution in [0.1, 0.15) is 66.0 Å². The average Bonchev–Trinajstić information content (AvgIpc) is 3.65. The molecule has 1 aromatic carbocycles. The fourth-order valence-corrected chi connectivity index (χ4v) is 5.93. The maximum absolute atomic E-state index is 13.2. The summed E-state index contributed by atoms with van der Waals surface area (Å²) in [5.41, 5.74) is 3.80. The second kappa shape index (κ2) is 10.3. The topological polar surface area (TPSA) is 76.9 Å². The lowest BCUT2D eigenvalue weighted by atomic mass is 10.1. The number of carbonyl (C=O) groups excluding carboxylic acids is 2. The van der Waals surface area contributed by atoms with Crippen molar-refractivity contribution in [3.05, 3.63) is 45.8 Å². The van der Waals surface area contributed by atoms with E-state index in [1.54, 1.807) is 9.47 Å². The molecule has 39 heavy (non-hydrogen) atoms. The summed E-state index contributed by atoms with van der Waals surface area (Å²) in [6.07, 6.45) is 3.38. The highest BCUT2D eigenvalue weighted by Crippen LogP contribution is 2.45. The second-order valence-electron chi connectivity index (χ2n) is 12.4. The van der Waals surface area contributed by atoms with Gasteiger partial charge in [-0.3, -0.25) is 0 Å². The number of ether oxygens (including phenoxy) is 2. The minimum atomic E-state index is -0.579. The summed E-state index contributed by atoms with van der Waals surface area (Å²) in [5.74, 6) is 0.372. The maximum atomic E-state index is 13.2. The largest absolute Gasteiger partial charge is 0.444 e. The van der Waals surface area contributed by atoms with Crippen LogP contribution in [0.4, 0.5) is 15.3 Å². The molecule has 9 heteroatoms. The van der Waals surface area contributed by atoms with Crippen LogP contribution in [-0.4, -0.2) is 64.0 Å². The first-order chi connectivity index (χ1) is 18.3. The van der Waals surface area contributed by atoms with Crippen LogP contribution in [0.15, 0.2) is 36.5 Å². The zero-order valence-corrected chi connectivity index (χ0v) is 25.7. The molecule has 0 N–H and O–H groups in total. The van der Waals surface area contributed by atoms with E-state index >= 15 is 0 Å². The van der Waals surface area contributed by atoms with Crippen LogP contribution in [0.5, 0.6) is 0 Å². The number of pyridine rings is 1. The number of benzene rings is 1. The van der Waals surface area contributed by atoms with Gasteiger partial charge in [0.2, 0.25) is 0 Å². The van der Waals surface area contributed by atoms with Crippen LogP contribution in [0.25, 0.3) is 22.2 Å². The molecule has 0 atom stereocenters. The molecule has 3 aromatic rings. The number of halogens is 1. The first-order valence-corrected chi connectivity index (χ1v) is 14.6. The van der Waals surface area contributed by atoms with Gasteiger partial charge in [0.15, 0.2) is 5.65 Å². The quantitative estimate of drug-likeness (QED) is 0.285. The number of carbonyl (C=O) groups is 2. The zero-order chi connectivity index (χ0) is 28.1. The molecule has 5 rings (SSSR count). The van der Waals surface area contributed by atoms with Gasteiger partial charge in [-0.25, -0.2) is 19.1 Å². The number of aromatic nitrogens is 2. The van der Waals surface area contributed by atoms with E-state index in [0.717, 1.165) is 57.4 Å². The normalized spacial score (nSPS) is 16.5. The molecule has 1 aliphatic heterocycles. The van der Waals surface area contributed by atoms with Gasteiger partial charge >= 0.3 is 12.2 Å². The number of amides is 1.